The molecule has 0 aromatic heterocycles. The van der Waals surface area contributed by atoms with E-state index in [0.717, 1.165) is 122 Å². The Balaban J connectivity index is 1.08. The molecule has 12 aromatic rings. The van der Waals surface area contributed by atoms with E-state index in [4.69, 9.17) is 0 Å². The monoisotopic (exact) mass is 932 g/mol. The Morgan fingerprint density at radius 1 is 0.278 bits per heavy atom. The van der Waals surface area contributed by atoms with Crippen molar-refractivity contribution >= 4 is 66.4 Å². The predicted molar refractivity (Wildman–Crippen MR) is 300 cm³/mol. The van der Waals surface area contributed by atoms with Gasteiger partial charge in [0.2, 0.25) is 0 Å². The molecule has 0 atom stereocenters. The number of halogens is 2. The summed E-state index contributed by atoms with van der Waals surface area (Å²) in [6.45, 7) is 8.29. The second-order valence-corrected chi connectivity index (χ2v) is 19.1. The first-order chi connectivity index (χ1) is 35.2. The highest BCUT2D eigenvalue weighted by atomic mass is 19.1. The summed E-state index contributed by atoms with van der Waals surface area (Å²) in [5.41, 5.74) is 16.2. The molecular formula is C68H50F2N2. The van der Waals surface area contributed by atoms with Crippen LogP contribution in [0.15, 0.2) is 231 Å². The van der Waals surface area contributed by atoms with Gasteiger partial charge in [0.15, 0.2) is 0 Å². The first-order valence-corrected chi connectivity index (χ1v) is 24.5. The minimum atomic E-state index is -0.336. The number of nitrogens with zero attached hydrogens (tertiary/aromatic N) is 2. The van der Waals surface area contributed by atoms with Crippen LogP contribution in [0.25, 0.3) is 76.8 Å². The lowest BCUT2D eigenvalue weighted by Crippen LogP contribution is -2.13. The minimum Gasteiger partial charge on any atom is -0.307 e. The number of hydrogen-bond donors (Lipinski definition) is 0. The molecule has 0 N–H and O–H groups in total. The van der Waals surface area contributed by atoms with Crippen LogP contribution in [-0.2, 0) is 0 Å². The van der Waals surface area contributed by atoms with Crippen molar-refractivity contribution in [3.05, 3.63) is 264 Å². The largest absolute Gasteiger partial charge is 0.307 e. The van der Waals surface area contributed by atoms with Crippen LogP contribution < -0.4 is 9.80 Å². The van der Waals surface area contributed by atoms with Crippen molar-refractivity contribution in [3.63, 3.8) is 0 Å². The van der Waals surface area contributed by atoms with Gasteiger partial charge in [0.1, 0.15) is 11.6 Å². The van der Waals surface area contributed by atoms with Gasteiger partial charge in [-0.1, -0.05) is 192 Å². The molecule has 0 fully saturated rings. The molecule has 0 saturated carbocycles. The second-order valence-electron chi connectivity index (χ2n) is 19.1. The van der Waals surface area contributed by atoms with E-state index < -0.39 is 0 Å². The SMILES string of the molecule is Cc1ccc(-c2cc(F)c(N(c3ccccc3)c3ccc4ccc5c(N(c6ccccc6)c6cc(-c7ccc(C)cc7)c(-c7ccc(C)cc7)cc6F)ccc6ccc3c4c65)cc2-c2ccc(C)cc2)cc1. The molecule has 346 valence electrons. The predicted octanol–water partition coefficient (Wildman–Crippen LogP) is 19.7. The summed E-state index contributed by atoms with van der Waals surface area (Å²) >= 11 is 0. The van der Waals surface area contributed by atoms with E-state index in [0.29, 0.717) is 11.4 Å². The molecule has 0 spiro atoms. The van der Waals surface area contributed by atoms with Crippen molar-refractivity contribution in [1.82, 2.24) is 0 Å². The number of rotatable bonds is 10. The highest BCUT2D eigenvalue weighted by molar-refractivity contribution is 6.28. The van der Waals surface area contributed by atoms with Crippen LogP contribution in [0.5, 0.6) is 0 Å². The van der Waals surface area contributed by atoms with Gasteiger partial charge in [0.25, 0.3) is 0 Å². The molecule has 0 aliphatic carbocycles. The zero-order valence-electron chi connectivity index (χ0n) is 40.6. The van der Waals surface area contributed by atoms with Crippen LogP contribution in [0.3, 0.4) is 0 Å². The van der Waals surface area contributed by atoms with Gasteiger partial charge in [-0.25, -0.2) is 8.78 Å². The molecule has 12 rings (SSSR count). The highest BCUT2D eigenvalue weighted by Gasteiger charge is 2.26. The van der Waals surface area contributed by atoms with Crippen molar-refractivity contribution < 1.29 is 8.78 Å². The van der Waals surface area contributed by atoms with Gasteiger partial charge in [-0.3, -0.25) is 0 Å². The van der Waals surface area contributed by atoms with Crippen LogP contribution in [0, 0.1) is 39.3 Å². The smallest absolute Gasteiger partial charge is 0.147 e. The zero-order valence-corrected chi connectivity index (χ0v) is 40.6. The topological polar surface area (TPSA) is 6.48 Å². The van der Waals surface area contributed by atoms with Crippen LogP contribution in [0.1, 0.15) is 22.3 Å². The first-order valence-electron chi connectivity index (χ1n) is 24.5. The van der Waals surface area contributed by atoms with Gasteiger partial charge in [0.05, 0.1) is 22.7 Å². The lowest BCUT2D eigenvalue weighted by atomic mass is 9.90. The maximum absolute atomic E-state index is 17.5. The van der Waals surface area contributed by atoms with E-state index in [-0.39, 0.29) is 11.6 Å². The number of aryl methyl sites for hydroxylation is 4. The quantitative estimate of drug-likeness (QED) is 0.126. The van der Waals surface area contributed by atoms with Gasteiger partial charge in [-0.05, 0) is 154 Å². The standard InChI is InChI=1S/C68H50F2N2/c1-43-15-23-47(24-16-43)57-39-61(69)65(41-59(57)49-27-19-45(3)20-28-49)71(53-11-7-5-8-12-53)63-37-33-51-32-36-56-64(38-34-52-31-35-55(63)67(51)68(52)56)72(54-13-9-6-10-14-54)66-42-60(50-29-21-46(4)22-30-50)58(40-62(66)70)48-25-17-44(2)18-26-48/h5-42H,1-4H3. The molecule has 0 aliphatic heterocycles. The molecule has 2 nitrogen and oxygen atoms in total. The number of benzene rings is 12. The van der Waals surface area contributed by atoms with E-state index in [1.807, 2.05) is 72.8 Å². The van der Waals surface area contributed by atoms with Crippen molar-refractivity contribution in [2.24, 2.45) is 0 Å². The molecule has 0 aliphatic rings. The molecule has 0 amide bonds. The van der Waals surface area contributed by atoms with Crippen LogP contribution >= 0.6 is 0 Å². The third-order valence-corrected chi connectivity index (χ3v) is 14.2. The molecule has 72 heavy (non-hydrogen) atoms. The van der Waals surface area contributed by atoms with Gasteiger partial charge < -0.3 is 9.80 Å². The first kappa shape index (κ1) is 44.4. The molecule has 0 radical (unpaired) electrons. The normalized spacial score (nSPS) is 11.5. The van der Waals surface area contributed by atoms with E-state index in [2.05, 4.69) is 183 Å². The molecule has 12 aromatic carbocycles. The minimum absolute atomic E-state index is 0.336. The van der Waals surface area contributed by atoms with Gasteiger partial charge in [-0.2, -0.15) is 0 Å². The third kappa shape index (κ3) is 7.92. The fourth-order valence-electron chi connectivity index (χ4n) is 10.5. The summed E-state index contributed by atoms with van der Waals surface area (Å²) in [6, 6.07) is 78.2. The Bertz CT molecular complexity index is 3680. The summed E-state index contributed by atoms with van der Waals surface area (Å²) < 4.78 is 35.0. The van der Waals surface area contributed by atoms with Gasteiger partial charge >= 0.3 is 0 Å². The van der Waals surface area contributed by atoms with Crippen LogP contribution in [-0.4, -0.2) is 0 Å². The Morgan fingerprint density at radius 2 is 0.569 bits per heavy atom. The molecule has 0 heterocycles. The fourth-order valence-corrected chi connectivity index (χ4v) is 10.5. The number of hydrogen-bond acceptors (Lipinski definition) is 2. The van der Waals surface area contributed by atoms with E-state index in [1.54, 1.807) is 12.1 Å². The fraction of sp³-hybridized carbons (Fsp3) is 0.0588. The number of para-hydroxylation sites is 2. The third-order valence-electron chi connectivity index (χ3n) is 14.2. The Hall–Kier alpha value is -8.86. The lowest BCUT2D eigenvalue weighted by molar-refractivity contribution is 0.629. The van der Waals surface area contributed by atoms with Gasteiger partial charge in [0, 0.05) is 22.1 Å². The van der Waals surface area contributed by atoms with Crippen molar-refractivity contribution in [2.45, 2.75) is 27.7 Å². The average molecular weight is 933 g/mol. The lowest BCUT2D eigenvalue weighted by Gasteiger charge is -2.30. The van der Waals surface area contributed by atoms with E-state index in [1.165, 1.54) is 0 Å². The Labute approximate surface area is 419 Å². The van der Waals surface area contributed by atoms with Crippen molar-refractivity contribution in [1.29, 1.82) is 0 Å². The summed E-state index contributed by atoms with van der Waals surface area (Å²) in [5, 5.41) is 6.12. The summed E-state index contributed by atoms with van der Waals surface area (Å²) in [7, 11) is 0. The number of anilines is 6. The van der Waals surface area contributed by atoms with Crippen LogP contribution in [0.2, 0.25) is 0 Å². The van der Waals surface area contributed by atoms with Gasteiger partial charge in [-0.15, -0.1) is 0 Å². The van der Waals surface area contributed by atoms with Crippen molar-refractivity contribution in [3.8, 4) is 44.5 Å². The highest BCUT2D eigenvalue weighted by Crippen LogP contribution is 2.50. The summed E-state index contributed by atoms with van der Waals surface area (Å²) in [6.07, 6.45) is 0. The summed E-state index contributed by atoms with van der Waals surface area (Å²) in [4.78, 5) is 4.12. The molecule has 4 heteroatoms. The zero-order chi connectivity index (χ0) is 49.0. The van der Waals surface area contributed by atoms with Crippen molar-refractivity contribution in [2.75, 3.05) is 9.80 Å². The Morgan fingerprint density at radius 3 is 0.889 bits per heavy atom. The average Bonchev–Trinajstić information content (AvgIpc) is 3.41. The molecular weight excluding hydrogens is 883 g/mol. The maximum atomic E-state index is 17.5. The Kier molecular flexibility index (Phi) is 11.2. The second kappa shape index (κ2) is 18.1. The maximum Gasteiger partial charge on any atom is 0.147 e. The summed E-state index contributed by atoms with van der Waals surface area (Å²) in [5.74, 6) is -0.672. The van der Waals surface area contributed by atoms with E-state index in [9.17, 15) is 0 Å². The van der Waals surface area contributed by atoms with E-state index >= 15 is 8.78 Å². The molecule has 0 saturated heterocycles. The molecule has 0 bridgehead atoms. The van der Waals surface area contributed by atoms with Crippen LogP contribution in [0.4, 0.5) is 42.9 Å². The molecule has 0 unspecified atom stereocenters.